The van der Waals surface area contributed by atoms with Crippen LogP contribution < -0.4 is 9.47 Å². The van der Waals surface area contributed by atoms with Crippen LogP contribution in [-0.2, 0) is 19.4 Å². The Balaban J connectivity index is 1.35. The van der Waals surface area contributed by atoms with Gasteiger partial charge in [0.2, 0.25) is 0 Å². The highest BCUT2D eigenvalue weighted by atomic mass is 32.2. The van der Waals surface area contributed by atoms with Crippen LogP contribution in [0, 0.1) is 0 Å². The van der Waals surface area contributed by atoms with Gasteiger partial charge in [-0.05, 0) is 54.1 Å². The zero-order valence-electron chi connectivity index (χ0n) is 16.9. The average Bonchev–Trinajstić information content (AvgIpc) is 3.18. The molecular formula is C23H22N4O2S. The van der Waals surface area contributed by atoms with Crippen LogP contribution in [-0.4, -0.2) is 26.9 Å². The Labute approximate surface area is 179 Å². The molecule has 0 aliphatic rings. The van der Waals surface area contributed by atoms with E-state index in [1.165, 1.54) is 5.56 Å². The van der Waals surface area contributed by atoms with Crippen molar-refractivity contribution in [3.63, 3.8) is 0 Å². The number of thioether (sulfide) groups is 1. The fourth-order valence-corrected chi connectivity index (χ4v) is 3.77. The second-order valence-electron chi connectivity index (χ2n) is 6.64. The zero-order valence-corrected chi connectivity index (χ0v) is 17.7. The molecule has 2 heterocycles. The van der Waals surface area contributed by atoms with E-state index in [0.717, 1.165) is 39.5 Å². The van der Waals surface area contributed by atoms with E-state index in [2.05, 4.69) is 27.3 Å². The summed E-state index contributed by atoms with van der Waals surface area (Å²) in [7, 11) is 3.64. The molecule has 6 nitrogen and oxygen atoms in total. The first kappa shape index (κ1) is 20.0. The largest absolute Gasteiger partial charge is 0.497 e. The van der Waals surface area contributed by atoms with E-state index in [1.807, 2.05) is 66.2 Å². The predicted molar refractivity (Wildman–Crippen MR) is 118 cm³/mol. The molecule has 4 rings (SSSR count). The fraction of sp³-hybridized carbons (Fsp3) is 0.174. The van der Waals surface area contributed by atoms with E-state index in [1.54, 1.807) is 25.1 Å². The summed E-state index contributed by atoms with van der Waals surface area (Å²) in [6, 6.07) is 21.7. The van der Waals surface area contributed by atoms with E-state index in [0.29, 0.717) is 6.61 Å². The van der Waals surface area contributed by atoms with Crippen LogP contribution in [0.5, 0.6) is 11.5 Å². The highest BCUT2D eigenvalue weighted by Gasteiger charge is 2.11. The Bertz CT molecular complexity index is 1080. The molecule has 0 atom stereocenters. The average molecular weight is 419 g/mol. The number of hydrogen-bond acceptors (Lipinski definition) is 6. The molecule has 0 saturated heterocycles. The lowest BCUT2D eigenvalue weighted by Gasteiger charge is -2.07. The second kappa shape index (κ2) is 9.45. The highest BCUT2D eigenvalue weighted by Crippen LogP contribution is 2.27. The van der Waals surface area contributed by atoms with Gasteiger partial charge in [-0.25, -0.2) is 0 Å². The van der Waals surface area contributed by atoms with Crippen molar-refractivity contribution in [2.75, 3.05) is 7.11 Å². The van der Waals surface area contributed by atoms with E-state index in [9.17, 15) is 0 Å². The van der Waals surface area contributed by atoms with Crippen LogP contribution >= 0.6 is 11.8 Å². The van der Waals surface area contributed by atoms with E-state index in [-0.39, 0.29) is 0 Å². The first-order valence-corrected chi connectivity index (χ1v) is 10.5. The van der Waals surface area contributed by atoms with Crippen molar-refractivity contribution < 1.29 is 9.47 Å². The van der Waals surface area contributed by atoms with Crippen molar-refractivity contribution in [2.45, 2.75) is 17.5 Å². The van der Waals surface area contributed by atoms with Gasteiger partial charge in [-0.2, -0.15) is 0 Å². The minimum absolute atomic E-state index is 0.460. The molecule has 7 heteroatoms. The van der Waals surface area contributed by atoms with Gasteiger partial charge in [-0.15, -0.1) is 10.2 Å². The minimum atomic E-state index is 0.460. The second-order valence-corrected chi connectivity index (χ2v) is 7.58. The maximum absolute atomic E-state index is 5.79. The smallest absolute Gasteiger partial charge is 0.191 e. The molecule has 0 amide bonds. The Hall–Kier alpha value is -3.32. The highest BCUT2D eigenvalue weighted by molar-refractivity contribution is 7.98. The molecule has 4 aromatic rings. The number of methoxy groups -OCH3 is 1. The summed E-state index contributed by atoms with van der Waals surface area (Å²) in [6.07, 6.45) is 1.77. The van der Waals surface area contributed by atoms with Gasteiger partial charge in [0.1, 0.15) is 18.1 Å². The molecular weight excluding hydrogens is 396 g/mol. The van der Waals surface area contributed by atoms with Gasteiger partial charge in [0.25, 0.3) is 0 Å². The summed E-state index contributed by atoms with van der Waals surface area (Å²) >= 11 is 1.65. The maximum Gasteiger partial charge on any atom is 0.191 e. The Kier molecular flexibility index (Phi) is 6.29. The molecule has 2 aromatic carbocycles. The molecule has 0 spiro atoms. The van der Waals surface area contributed by atoms with E-state index >= 15 is 0 Å². The molecule has 0 bridgehead atoms. The van der Waals surface area contributed by atoms with Crippen molar-refractivity contribution in [2.24, 2.45) is 7.05 Å². The first-order chi connectivity index (χ1) is 14.7. The predicted octanol–water partition coefficient (Wildman–Crippen LogP) is 4.76. The van der Waals surface area contributed by atoms with Gasteiger partial charge in [-0.1, -0.05) is 30.0 Å². The van der Waals surface area contributed by atoms with Crippen LogP contribution in [0.4, 0.5) is 0 Å². The number of ether oxygens (including phenoxy) is 2. The van der Waals surface area contributed by atoms with Crippen LogP contribution in [0.3, 0.4) is 0 Å². The zero-order chi connectivity index (χ0) is 20.8. The summed E-state index contributed by atoms with van der Waals surface area (Å²) in [6.45, 7) is 0.460. The molecule has 0 aliphatic heterocycles. The molecule has 0 unspecified atom stereocenters. The topological polar surface area (TPSA) is 62.1 Å². The third-order valence-electron chi connectivity index (χ3n) is 4.59. The Morgan fingerprint density at radius 1 is 0.900 bits per heavy atom. The first-order valence-electron chi connectivity index (χ1n) is 9.51. The Morgan fingerprint density at radius 3 is 2.37 bits per heavy atom. The maximum atomic E-state index is 5.79. The molecule has 0 radical (unpaired) electrons. The van der Waals surface area contributed by atoms with Crippen LogP contribution in [0.2, 0.25) is 0 Å². The number of nitrogens with zero attached hydrogens (tertiary/aromatic N) is 4. The minimum Gasteiger partial charge on any atom is -0.497 e. The summed E-state index contributed by atoms with van der Waals surface area (Å²) < 4.78 is 13.0. The van der Waals surface area contributed by atoms with Crippen molar-refractivity contribution in [3.05, 3.63) is 84.2 Å². The fourth-order valence-electron chi connectivity index (χ4n) is 2.90. The summed E-state index contributed by atoms with van der Waals surface area (Å²) in [4.78, 5) is 4.27. The van der Waals surface area contributed by atoms with Crippen LogP contribution in [0.1, 0.15) is 11.3 Å². The van der Waals surface area contributed by atoms with Gasteiger partial charge in [0.05, 0.1) is 12.8 Å². The lowest BCUT2D eigenvalue weighted by Crippen LogP contribution is -1.97. The molecule has 0 saturated carbocycles. The van der Waals surface area contributed by atoms with Gasteiger partial charge < -0.3 is 14.0 Å². The van der Waals surface area contributed by atoms with E-state index < -0.39 is 0 Å². The van der Waals surface area contributed by atoms with Crippen molar-refractivity contribution >= 4 is 11.8 Å². The normalized spacial score (nSPS) is 10.7. The van der Waals surface area contributed by atoms with Crippen molar-refractivity contribution in [1.29, 1.82) is 0 Å². The monoisotopic (exact) mass is 418 g/mol. The summed E-state index contributed by atoms with van der Waals surface area (Å²) in [5.74, 6) is 3.28. The van der Waals surface area contributed by atoms with Gasteiger partial charge in [0, 0.05) is 24.6 Å². The Morgan fingerprint density at radius 2 is 1.67 bits per heavy atom. The third kappa shape index (κ3) is 4.80. The van der Waals surface area contributed by atoms with Gasteiger partial charge in [0.15, 0.2) is 11.0 Å². The van der Waals surface area contributed by atoms with Gasteiger partial charge in [-0.3, -0.25) is 4.98 Å². The standard InChI is InChI=1S/C23H22N4O2S/c1-27-22(18-8-12-20(28-2)13-9-18)25-26-23(27)30-16-17-6-10-21(11-7-17)29-15-19-5-3-4-14-24-19/h3-14H,15-16H2,1-2H3. The van der Waals surface area contributed by atoms with Crippen LogP contribution in [0.15, 0.2) is 78.1 Å². The quantitative estimate of drug-likeness (QED) is 0.385. The number of hydrogen-bond donors (Lipinski definition) is 0. The van der Waals surface area contributed by atoms with E-state index in [4.69, 9.17) is 9.47 Å². The molecule has 2 aromatic heterocycles. The van der Waals surface area contributed by atoms with Crippen molar-refractivity contribution in [1.82, 2.24) is 19.7 Å². The van der Waals surface area contributed by atoms with Crippen LogP contribution in [0.25, 0.3) is 11.4 Å². The number of pyridine rings is 1. The third-order valence-corrected chi connectivity index (χ3v) is 5.68. The number of aromatic nitrogens is 4. The molecule has 152 valence electrons. The van der Waals surface area contributed by atoms with Crippen molar-refractivity contribution in [3.8, 4) is 22.9 Å². The number of benzene rings is 2. The van der Waals surface area contributed by atoms with Gasteiger partial charge >= 0.3 is 0 Å². The molecule has 0 fully saturated rings. The lowest BCUT2D eigenvalue weighted by molar-refractivity contribution is 0.301. The molecule has 30 heavy (non-hydrogen) atoms. The lowest BCUT2D eigenvalue weighted by atomic mass is 10.2. The molecule has 0 aliphatic carbocycles. The number of rotatable bonds is 8. The SMILES string of the molecule is COc1ccc(-c2nnc(SCc3ccc(OCc4ccccn4)cc3)n2C)cc1. The molecule has 0 N–H and O–H groups in total. The summed E-state index contributed by atoms with van der Waals surface area (Å²) in [5, 5.41) is 9.56. The summed E-state index contributed by atoms with van der Waals surface area (Å²) in [5.41, 5.74) is 3.11.